The molecule has 6 nitrogen and oxygen atoms in total. The van der Waals surface area contributed by atoms with Crippen molar-refractivity contribution in [2.75, 3.05) is 35.4 Å². The first-order chi connectivity index (χ1) is 13.5. The molecule has 0 aliphatic heterocycles. The Morgan fingerprint density at radius 1 is 1.00 bits per heavy atom. The Morgan fingerprint density at radius 2 is 1.62 bits per heavy atom. The Labute approximate surface area is 178 Å². The lowest BCUT2D eigenvalue weighted by atomic mass is 9.85. The minimum absolute atomic E-state index is 0. The largest absolute Gasteiger partial charge is 0.493 e. The molecule has 1 aliphatic carbocycles. The highest BCUT2D eigenvalue weighted by atomic mass is 35.5. The molecule has 158 valence electrons. The number of rotatable bonds is 6. The first-order valence-electron chi connectivity index (χ1n) is 9.25. The average molecular weight is 422 g/mol. The highest BCUT2D eigenvalue weighted by Gasteiger charge is 2.34. The van der Waals surface area contributed by atoms with Crippen LogP contribution in [-0.2, 0) is 11.2 Å². The number of aryl methyl sites for hydroxylation is 1. The number of carbonyl (C=O) groups excluding carboxylic acids is 1. The van der Waals surface area contributed by atoms with Gasteiger partial charge in [0.2, 0.25) is 5.75 Å². The van der Waals surface area contributed by atoms with Crippen LogP contribution in [0.25, 0.3) is 0 Å². The SMILES string of the molecule is COc1cc(C(=O)OC2c3ccccc3CCC2N(C)C)cc(OC)c1OC.Cl. The third-order valence-corrected chi connectivity index (χ3v) is 5.22. The molecule has 0 aromatic heterocycles. The minimum atomic E-state index is -0.423. The number of fused-ring (bicyclic) bond motifs is 1. The smallest absolute Gasteiger partial charge is 0.339 e. The summed E-state index contributed by atoms with van der Waals surface area (Å²) in [4.78, 5) is 15.1. The minimum Gasteiger partial charge on any atom is -0.493 e. The normalized spacial score (nSPS) is 17.7. The van der Waals surface area contributed by atoms with Crippen molar-refractivity contribution in [3.05, 3.63) is 53.1 Å². The fourth-order valence-corrected chi connectivity index (χ4v) is 3.75. The summed E-state index contributed by atoms with van der Waals surface area (Å²) in [5, 5.41) is 0. The topological polar surface area (TPSA) is 57.2 Å². The highest BCUT2D eigenvalue weighted by molar-refractivity contribution is 5.91. The summed E-state index contributed by atoms with van der Waals surface area (Å²) < 4.78 is 22.1. The van der Waals surface area contributed by atoms with E-state index in [2.05, 4.69) is 11.0 Å². The number of esters is 1. The van der Waals surface area contributed by atoms with E-state index in [0.717, 1.165) is 18.4 Å². The molecule has 2 atom stereocenters. The van der Waals surface area contributed by atoms with E-state index in [1.165, 1.54) is 26.9 Å². The van der Waals surface area contributed by atoms with Crippen LogP contribution in [-0.4, -0.2) is 52.3 Å². The number of benzene rings is 2. The average Bonchev–Trinajstić information content (AvgIpc) is 2.72. The zero-order valence-electron chi connectivity index (χ0n) is 17.4. The van der Waals surface area contributed by atoms with Crippen LogP contribution in [0.3, 0.4) is 0 Å². The molecular formula is C22H28ClNO5. The molecule has 7 heteroatoms. The van der Waals surface area contributed by atoms with E-state index in [1.54, 1.807) is 12.1 Å². The van der Waals surface area contributed by atoms with E-state index < -0.39 is 5.97 Å². The first kappa shape index (κ1) is 22.8. The predicted octanol–water partition coefficient (Wildman–Crippen LogP) is 3.91. The molecule has 0 fully saturated rings. The van der Waals surface area contributed by atoms with Crippen molar-refractivity contribution < 1.29 is 23.7 Å². The van der Waals surface area contributed by atoms with Gasteiger partial charge in [-0.25, -0.2) is 4.79 Å². The van der Waals surface area contributed by atoms with Crippen LogP contribution in [0, 0.1) is 0 Å². The molecule has 29 heavy (non-hydrogen) atoms. The van der Waals surface area contributed by atoms with E-state index >= 15 is 0 Å². The van der Waals surface area contributed by atoms with Crippen LogP contribution in [0.5, 0.6) is 17.2 Å². The maximum atomic E-state index is 13.0. The van der Waals surface area contributed by atoms with Crippen LogP contribution >= 0.6 is 12.4 Å². The molecule has 0 bridgehead atoms. The fraction of sp³-hybridized carbons (Fsp3) is 0.409. The Hall–Kier alpha value is -2.44. The number of nitrogens with zero attached hydrogens (tertiary/aromatic N) is 1. The third-order valence-electron chi connectivity index (χ3n) is 5.22. The van der Waals surface area contributed by atoms with Crippen molar-refractivity contribution in [2.45, 2.75) is 25.0 Å². The van der Waals surface area contributed by atoms with E-state index in [-0.39, 0.29) is 24.6 Å². The summed E-state index contributed by atoms with van der Waals surface area (Å²) in [6.45, 7) is 0. The van der Waals surface area contributed by atoms with Gasteiger partial charge in [0.1, 0.15) is 6.10 Å². The lowest BCUT2D eigenvalue weighted by Crippen LogP contribution is -2.39. The Balaban J connectivity index is 0.00000300. The molecule has 0 saturated carbocycles. The van der Waals surface area contributed by atoms with Gasteiger partial charge in [0.25, 0.3) is 0 Å². The van der Waals surface area contributed by atoms with E-state index in [0.29, 0.717) is 22.8 Å². The zero-order chi connectivity index (χ0) is 20.3. The van der Waals surface area contributed by atoms with E-state index in [4.69, 9.17) is 18.9 Å². The Kier molecular flexibility index (Phi) is 7.76. The summed E-state index contributed by atoms with van der Waals surface area (Å²) in [7, 11) is 8.59. The molecule has 0 N–H and O–H groups in total. The number of hydrogen-bond acceptors (Lipinski definition) is 6. The Morgan fingerprint density at radius 3 is 2.17 bits per heavy atom. The third kappa shape index (κ3) is 4.60. The predicted molar refractivity (Wildman–Crippen MR) is 114 cm³/mol. The first-order valence-corrected chi connectivity index (χ1v) is 9.25. The fourth-order valence-electron chi connectivity index (χ4n) is 3.75. The van der Waals surface area contributed by atoms with Gasteiger partial charge in [0.15, 0.2) is 11.5 Å². The van der Waals surface area contributed by atoms with Crippen LogP contribution < -0.4 is 14.2 Å². The zero-order valence-corrected chi connectivity index (χ0v) is 18.2. The summed E-state index contributed by atoms with van der Waals surface area (Å²) in [6, 6.07) is 11.5. The highest BCUT2D eigenvalue weighted by Crippen LogP contribution is 2.40. The molecule has 2 aromatic carbocycles. The van der Waals surface area contributed by atoms with Gasteiger partial charge in [-0.05, 0) is 50.2 Å². The maximum absolute atomic E-state index is 13.0. The second kappa shape index (κ2) is 9.85. The molecule has 2 aromatic rings. The standard InChI is InChI=1S/C22H27NO5.ClH/c1-23(2)17-11-10-14-8-6-7-9-16(14)20(17)28-22(24)15-12-18(25-3)21(27-5)19(13-15)26-4;/h6-9,12-13,17,20H,10-11H2,1-5H3;1H. The van der Waals surface area contributed by atoms with Crippen molar-refractivity contribution in [2.24, 2.45) is 0 Å². The summed E-state index contributed by atoms with van der Waals surface area (Å²) in [6.07, 6.45) is 1.56. The number of methoxy groups -OCH3 is 3. The van der Waals surface area contributed by atoms with Crippen molar-refractivity contribution >= 4 is 18.4 Å². The molecule has 0 heterocycles. The van der Waals surface area contributed by atoms with Gasteiger partial charge in [-0.3, -0.25) is 0 Å². The van der Waals surface area contributed by atoms with Crippen molar-refractivity contribution in [1.29, 1.82) is 0 Å². The number of hydrogen-bond donors (Lipinski definition) is 0. The molecule has 3 rings (SSSR count). The van der Waals surface area contributed by atoms with Gasteiger partial charge in [-0.1, -0.05) is 24.3 Å². The number of halogens is 1. The van der Waals surface area contributed by atoms with Crippen molar-refractivity contribution in [3.8, 4) is 17.2 Å². The lowest BCUT2D eigenvalue weighted by molar-refractivity contribution is 0.000554. The molecular weight excluding hydrogens is 394 g/mol. The van der Waals surface area contributed by atoms with E-state index in [1.807, 2.05) is 32.3 Å². The van der Waals surface area contributed by atoms with Crippen molar-refractivity contribution in [3.63, 3.8) is 0 Å². The summed E-state index contributed by atoms with van der Waals surface area (Å²) >= 11 is 0. The monoisotopic (exact) mass is 421 g/mol. The molecule has 0 radical (unpaired) electrons. The number of ether oxygens (including phenoxy) is 4. The lowest BCUT2D eigenvalue weighted by Gasteiger charge is -2.37. The molecule has 1 aliphatic rings. The van der Waals surface area contributed by atoms with Crippen LogP contribution in [0.1, 0.15) is 34.0 Å². The Bertz CT molecular complexity index is 830. The quantitative estimate of drug-likeness (QED) is 0.659. The van der Waals surface area contributed by atoms with Gasteiger partial charge < -0.3 is 23.8 Å². The van der Waals surface area contributed by atoms with Crippen LogP contribution in [0.15, 0.2) is 36.4 Å². The molecule has 2 unspecified atom stereocenters. The number of carbonyl (C=O) groups is 1. The van der Waals surface area contributed by atoms with Crippen LogP contribution in [0.4, 0.5) is 0 Å². The van der Waals surface area contributed by atoms with Gasteiger partial charge in [0.05, 0.1) is 32.9 Å². The van der Waals surface area contributed by atoms with Gasteiger partial charge in [-0.2, -0.15) is 0 Å². The second-order valence-corrected chi connectivity index (χ2v) is 7.01. The van der Waals surface area contributed by atoms with E-state index in [9.17, 15) is 4.79 Å². The van der Waals surface area contributed by atoms with Gasteiger partial charge >= 0.3 is 5.97 Å². The van der Waals surface area contributed by atoms with Gasteiger partial charge in [-0.15, -0.1) is 12.4 Å². The summed E-state index contributed by atoms with van der Waals surface area (Å²) in [5.74, 6) is 0.854. The maximum Gasteiger partial charge on any atom is 0.339 e. The summed E-state index contributed by atoms with van der Waals surface area (Å²) in [5.41, 5.74) is 2.64. The molecule has 0 amide bonds. The van der Waals surface area contributed by atoms with Crippen molar-refractivity contribution in [1.82, 2.24) is 4.90 Å². The van der Waals surface area contributed by atoms with Gasteiger partial charge in [0, 0.05) is 0 Å². The molecule has 0 spiro atoms. The van der Waals surface area contributed by atoms with Crippen LogP contribution in [0.2, 0.25) is 0 Å². The number of likely N-dealkylation sites (N-methyl/N-ethyl adjacent to an activating group) is 1. The molecule has 0 saturated heterocycles. The second-order valence-electron chi connectivity index (χ2n) is 7.01.